The Kier molecular flexibility index (Phi) is 5.35. The molecule has 7 nitrogen and oxygen atoms in total. The third-order valence-corrected chi connectivity index (χ3v) is 2.31. The van der Waals surface area contributed by atoms with E-state index in [0.717, 1.165) is 0 Å². The van der Waals surface area contributed by atoms with Crippen molar-refractivity contribution in [3.05, 3.63) is 12.4 Å². The van der Waals surface area contributed by atoms with Crippen LogP contribution in [-0.4, -0.2) is 34.3 Å². The van der Waals surface area contributed by atoms with Crippen LogP contribution in [0.3, 0.4) is 0 Å². The molecule has 0 spiro atoms. The molecule has 106 valence electrons. The van der Waals surface area contributed by atoms with Gasteiger partial charge in [-0.15, -0.1) is 0 Å². The minimum absolute atomic E-state index is 0.0704. The van der Waals surface area contributed by atoms with Crippen LogP contribution in [0.5, 0.6) is 0 Å². The van der Waals surface area contributed by atoms with Crippen LogP contribution in [0.25, 0.3) is 0 Å². The molecule has 3 N–H and O–H groups in total. The third kappa shape index (κ3) is 5.41. The first kappa shape index (κ1) is 15.0. The lowest BCUT2D eigenvalue weighted by Crippen LogP contribution is -2.38. The maximum Gasteiger partial charge on any atom is 0.328 e. The molecule has 1 atom stereocenters. The number of hydrogen-bond acceptors (Lipinski definition) is 5. The lowest BCUT2D eigenvalue weighted by atomic mass is 10.2. The van der Waals surface area contributed by atoms with E-state index >= 15 is 0 Å². The van der Waals surface area contributed by atoms with Gasteiger partial charge in [0.2, 0.25) is 0 Å². The predicted octanol–water partition coefficient (Wildman–Crippen LogP) is 0.169. The van der Waals surface area contributed by atoms with E-state index in [0.29, 0.717) is 18.2 Å². The Morgan fingerprint density at radius 3 is 2.68 bits per heavy atom. The summed E-state index contributed by atoms with van der Waals surface area (Å²) >= 11 is 0. The average Bonchev–Trinajstić information content (AvgIpc) is 2.71. The number of nitrogen functional groups attached to an aromatic ring is 1. The van der Waals surface area contributed by atoms with Gasteiger partial charge in [-0.25, -0.2) is 0 Å². The van der Waals surface area contributed by atoms with Crippen LogP contribution in [-0.2, 0) is 20.9 Å². The van der Waals surface area contributed by atoms with Crippen molar-refractivity contribution >= 4 is 17.6 Å². The first-order valence-electron chi connectivity index (χ1n) is 6.13. The van der Waals surface area contributed by atoms with Crippen molar-refractivity contribution in [3.63, 3.8) is 0 Å². The number of carbonyl (C=O) groups is 2. The summed E-state index contributed by atoms with van der Waals surface area (Å²) in [6.45, 7) is 5.98. The molecule has 0 bridgehead atoms. The van der Waals surface area contributed by atoms with E-state index in [1.807, 2.05) is 13.8 Å². The lowest BCUT2D eigenvalue weighted by molar-refractivity contribution is -0.155. The zero-order valence-electron chi connectivity index (χ0n) is 11.4. The smallest absolute Gasteiger partial charge is 0.328 e. The van der Waals surface area contributed by atoms with Crippen LogP contribution in [0.2, 0.25) is 0 Å². The second-order valence-corrected chi connectivity index (χ2v) is 4.74. The van der Waals surface area contributed by atoms with E-state index in [-0.39, 0.29) is 12.5 Å². The number of anilines is 1. The average molecular weight is 268 g/mol. The predicted molar refractivity (Wildman–Crippen MR) is 70.0 cm³/mol. The van der Waals surface area contributed by atoms with Gasteiger partial charge in [0.25, 0.3) is 5.91 Å². The highest BCUT2D eigenvalue weighted by atomic mass is 16.5. The second kappa shape index (κ2) is 6.77. The molecule has 1 amide bonds. The number of amides is 1. The van der Waals surface area contributed by atoms with Gasteiger partial charge in [-0.3, -0.25) is 14.3 Å². The molecule has 0 aliphatic carbocycles. The first-order chi connectivity index (χ1) is 8.88. The number of aromatic nitrogens is 2. The van der Waals surface area contributed by atoms with Gasteiger partial charge in [0.05, 0.1) is 11.9 Å². The van der Waals surface area contributed by atoms with Crippen LogP contribution in [0.1, 0.15) is 20.8 Å². The Labute approximate surface area is 112 Å². The number of ether oxygens (including phenoxy) is 1. The molecular weight excluding hydrogens is 248 g/mol. The van der Waals surface area contributed by atoms with Crippen molar-refractivity contribution < 1.29 is 14.3 Å². The Morgan fingerprint density at radius 1 is 1.47 bits per heavy atom. The molecule has 1 rings (SSSR count). The van der Waals surface area contributed by atoms with Gasteiger partial charge in [0, 0.05) is 12.7 Å². The number of rotatable bonds is 6. The zero-order valence-corrected chi connectivity index (χ0v) is 11.4. The van der Waals surface area contributed by atoms with Crippen LogP contribution in [0.4, 0.5) is 5.69 Å². The quantitative estimate of drug-likeness (QED) is 0.716. The van der Waals surface area contributed by atoms with Gasteiger partial charge in [0.15, 0.2) is 6.10 Å². The topological polar surface area (TPSA) is 99.2 Å². The van der Waals surface area contributed by atoms with Crippen LogP contribution in [0, 0.1) is 5.92 Å². The van der Waals surface area contributed by atoms with E-state index in [2.05, 4.69) is 10.4 Å². The molecule has 7 heteroatoms. The maximum absolute atomic E-state index is 11.6. The fraction of sp³-hybridized carbons (Fsp3) is 0.583. The molecule has 1 heterocycles. The van der Waals surface area contributed by atoms with Crippen molar-refractivity contribution in [1.82, 2.24) is 15.1 Å². The van der Waals surface area contributed by atoms with Crippen molar-refractivity contribution in [2.45, 2.75) is 33.4 Å². The Hall–Kier alpha value is -2.05. The van der Waals surface area contributed by atoms with Gasteiger partial charge < -0.3 is 15.8 Å². The Balaban J connectivity index is 2.37. The van der Waals surface area contributed by atoms with E-state index in [9.17, 15) is 9.59 Å². The summed E-state index contributed by atoms with van der Waals surface area (Å²) in [4.78, 5) is 23.2. The molecule has 1 aromatic rings. The third-order valence-electron chi connectivity index (χ3n) is 2.31. The molecule has 0 aliphatic heterocycles. The highest BCUT2D eigenvalue weighted by molar-refractivity contribution is 5.83. The van der Waals surface area contributed by atoms with Crippen molar-refractivity contribution in [3.8, 4) is 0 Å². The molecule has 0 radical (unpaired) electrons. The largest absolute Gasteiger partial charge is 0.451 e. The summed E-state index contributed by atoms with van der Waals surface area (Å²) < 4.78 is 6.36. The van der Waals surface area contributed by atoms with E-state index in [1.54, 1.807) is 0 Å². The minimum Gasteiger partial charge on any atom is -0.451 e. The van der Waals surface area contributed by atoms with Gasteiger partial charge in [-0.05, 0) is 12.8 Å². The first-order valence-corrected chi connectivity index (χ1v) is 6.13. The Morgan fingerprint density at radius 2 is 2.16 bits per heavy atom. The molecule has 0 fully saturated rings. The molecule has 1 unspecified atom stereocenters. The number of nitrogens with zero attached hydrogens (tertiary/aromatic N) is 2. The molecule has 0 aliphatic rings. The van der Waals surface area contributed by atoms with Gasteiger partial charge in [-0.2, -0.15) is 5.10 Å². The molecule has 1 aromatic heterocycles. The van der Waals surface area contributed by atoms with Crippen LogP contribution < -0.4 is 11.1 Å². The lowest BCUT2D eigenvalue weighted by Gasteiger charge is -2.14. The van der Waals surface area contributed by atoms with Crippen molar-refractivity contribution in [2.75, 3.05) is 12.3 Å². The SMILES string of the molecule is CC(C)CNC(=O)C(C)OC(=O)Cn1cc(N)cn1. The number of nitrogens with one attached hydrogen (secondary N) is 1. The monoisotopic (exact) mass is 268 g/mol. The number of carbonyl (C=O) groups excluding carboxylic acids is 2. The zero-order chi connectivity index (χ0) is 14.4. The molecule has 19 heavy (non-hydrogen) atoms. The fourth-order valence-electron chi connectivity index (χ4n) is 1.33. The summed E-state index contributed by atoms with van der Waals surface area (Å²) in [5.41, 5.74) is 5.94. The highest BCUT2D eigenvalue weighted by Gasteiger charge is 2.18. The van der Waals surface area contributed by atoms with Crippen LogP contribution in [0.15, 0.2) is 12.4 Å². The second-order valence-electron chi connectivity index (χ2n) is 4.74. The van der Waals surface area contributed by atoms with E-state index in [4.69, 9.17) is 10.5 Å². The summed E-state index contributed by atoms with van der Waals surface area (Å²) in [6.07, 6.45) is 2.13. The highest BCUT2D eigenvalue weighted by Crippen LogP contribution is 2.00. The summed E-state index contributed by atoms with van der Waals surface area (Å²) in [5.74, 6) is -0.490. The number of hydrogen-bond donors (Lipinski definition) is 2. The van der Waals surface area contributed by atoms with Crippen molar-refractivity contribution in [2.24, 2.45) is 5.92 Å². The van der Waals surface area contributed by atoms with Crippen molar-refractivity contribution in [1.29, 1.82) is 0 Å². The van der Waals surface area contributed by atoms with E-state index < -0.39 is 12.1 Å². The number of nitrogens with two attached hydrogens (primary N) is 1. The molecular formula is C12H20N4O3. The van der Waals surface area contributed by atoms with Gasteiger partial charge in [-0.1, -0.05) is 13.8 Å². The van der Waals surface area contributed by atoms with Crippen LogP contribution >= 0.6 is 0 Å². The van der Waals surface area contributed by atoms with Gasteiger partial charge >= 0.3 is 5.97 Å². The summed E-state index contributed by atoms with van der Waals surface area (Å²) in [5, 5.41) is 6.55. The molecule has 0 saturated carbocycles. The van der Waals surface area contributed by atoms with Gasteiger partial charge in [0.1, 0.15) is 6.54 Å². The molecule has 0 aromatic carbocycles. The fourth-order valence-corrected chi connectivity index (χ4v) is 1.33. The normalized spacial score (nSPS) is 12.2. The standard InChI is InChI=1S/C12H20N4O3/c1-8(2)4-14-12(18)9(3)19-11(17)7-16-6-10(13)5-15-16/h5-6,8-9H,4,7,13H2,1-3H3,(H,14,18). The molecule has 0 saturated heterocycles. The minimum atomic E-state index is -0.820. The maximum atomic E-state index is 11.6. The summed E-state index contributed by atoms with van der Waals surface area (Å²) in [7, 11) is 0. The Bertz CT molecular complexity index is 442. The summed E-state index contributed by atoms with van der Waals surface area (Å²) in [6, 6.07) is 0. The number of esters is 1. The van der Waals surface area contributed by atoms with E-state index in [1.165, 1.54) is 24.0 Å².